The van der Waals surface area contributed by atoms with Crippen molar-refractivity contribution in [3.63, 3.8) is 0 Å². The monoisotopic (exact) mass is 480 g/mol. The number of rotatable bonds is 4. The molecule has 2 aromatic rings. The van der Waals surface area contributed by atoms with Gasteiger partial charge in [-0.3, -0.25) is 4.79 Å². The SMILES string of the molecule is COc1ccc(Oc2ccc(C=O)cc2I)cc1I. The number of methoxy groups -OCH3 is 1. The van der Waals surface area contributed by atoms with Crippen molar-refractivity contribution < 1.29 is 14.3 Å². The molecule has 0 N–H and O–H groups in total. The lowest BCUT2D eigenvalue weighted by Crippen LogP contribution is -1.91. The maximum absolute atomic E-state index is 10.7. The summed E-state index contributed by atoms with van der Waals surface area (Å²) < 4.78 is 12.9. The normalized spacial score (nSPS) is 10.1. The molecule has 98 valence electrons. The molecule has 0 aliphatic rings. The van der Waals surface area contributed by atoms with E-state index >= 15 is 0 Å². The van der Waals surface area contributed by atoms with Crippen LogP contribution in [0.25, 0.3) is 0 Å². The zero-order valence-electron chi connectivity index (χ0n) is 10.0. The molecule has 0 amide bonds. The van der Waals surface area contributed by atoms with Crippen molar-refractivity contribution in [1.82, 2.24) is 0 Å². The summed E-state index contributed by atoms with van der Waals surface area (Å²) in [7, 11) is 1.64. The molecule has 0 aliphatic carbocycles. The van der Waals surface area contributed by atoms with Gasteiger partial charge in [0.25, 0.3) is 0 Å². The van der Waals surface area contributed by atoms with Crippen LogP contribution in [0.3, 0.4) is 0 Å². The Balaban J connectivity index is 2.26. The van der Waals surface area contributed by atoms with Crippen LogP contribution in [0, 0.1) is 7.14 Å². The van der Waals surface area contributed by atoms with Crippen LogP contribution in [-0.2, 0) is 0 Å². The summed E-state index contributed by atoms with van der Waals surface area (Å²) in [5, 5.41) is 0. The predicted molar refractivity (Wildman–Crippen MR) is 90.3 cm³/mol. The highest BCUT2D eigenvalue weighted by Gasteiger charge is 2.06. The Morgan fingerprint density at radius 1 is 1.00 bits per heavy atom. The summed E-state index contributed by atoms with van der Waals surface area (Å²) in [6.07, 6.45) is 0.822. The van der Waals surface area contributed by atoms with E-state index in [1.54, 1.807) is 25.3 Å². The Kier molecular flexibility index (Phi) is 5.03. The Bertz CT molecular complexity index is 612. The molecule has 5 heteroatoms. The largest absolute Gasteiger partial charge is 0.496 e. The van der Waals surface area contributed by atoms with Gasteiger partial charge in [0.05, 0.1) is 14.3 Å². The van der Waals surface area contributed by atoms with Crippen molar-refractivity contribution in [1.29, 1.82) is 0 Å². The molecule has 0 aliphatic heterocycles. The van der Waals surface area contributed by atoms with Crippen molar-refractivity contribution >= 4 is 51.5 Å². The first-order chi connectivity index (χ1) is 9.13. The lowest BCUT2D eigenvalue weighted by Gasteiger charge is -2.10. The molecule has 0 unspecified atom stereocenters. The maximum atomic E-state index is 10.7. The van der Waals surface area contributed by atoms with Gasteiger partial charge in [-0.1, -0.05) is 0 Å². The number of hydrogen-bond acceptors (Lipinski definition) is 3. The van der Waals surface area contributed by atoms with E-state index in [1.807, 2.05) is 18.2 Å². The van der Waals surface area contributed by atoms with Gasteiger partial charge < -0.3 is 9.47 Å². The third-order valence-corrected chi connectivity index (χ3v) is 4.13. The van der Waals surface area contributed by atoms with Gasteiger partial charge in [-0.05, 0) is 81.6 Å². The summed E-state index contributed by atoms with van der Waals surface area (Å²) in [4.78, 5) is 10.7. The van der Waals surface area contributed by atoms with E-state index in [2.05, 4.69) is 45.2 Å². The van der Waals surface area contributed by atoms with Crippen LogP contribution in [0.15, 0.2) is 36.4 Å². The van der Waals surface area contributed by atoms with E-state index in [4.69, 9.17) is 9.47 Å². The number of carbonyl (C=O) groups is 1. The molecule has 0 fully saturated rings. The van der Waals surface area contributed by atoms with E-state index in [0.717, 1.165) is 30.7 Å². The number of ether oxygens (including phenoxy) is 2. The first kappa shape index (κ1) is 14.6. The van der Waals surface area contributed by atoms with E-state index < -0.39 is 0 Å². The third-order valence-electron chi connectivity index (χ3n) is 2.44. The number of carbonyl (C=O) groups excluding carboxylic acids is 1. The molecule has 0 atom stereocenters. The standard InChI is InChI=1S/C14H10I2O3/c1-18-13-5-3-10(7-12(13)16)19-14-4-2-9(8-17)6-11(14)15/h2-8H,1H3. The Morgan fingerprint density at radius 3 is 2.26 bits per heavy atom. The summed E-state index contributed by atoms with van der Waals surface area (Å²) >= 11 is 4.34. The van der Waals surface area contributed by atoms with Gasteiger partial charge in [0.1, 0.15) is 23.5 Å². The topological polar surface area (TPSA) is 35.5 Å². The van der Waals surface area contributed by atoms with Crippen LogP contribution in [0.1, 0.15) is 10.4 Å². The first-order valence-electron chi connectivity index (χ1n) is 5.40. The molecular weight excluding hydrogens is 470 g/mol. The van der Waals surface area contributed by atoms with Crippen LogP contribution in [0.2, 0.25) is 0 Å². The molecule has 0 radical (unpaired) electrons. The molecule has 0 aromatic heterocycles. The van der Waals surface area contributed by atoms with Gasteiger partial charge in [0, 0.05) is 5.56 Å². The van der Waals surface area contributed by atoms with Crippen molar-refractivity contribution in [2.45, 2.75) is 0 Å². The zero-order valence-corrected chi connectivity index (χ0v) is 14.3. The average molecular weight is 480 g/mol. The van der Waals surface area contributed by atoms with Gasteiger partial charge in [0.2, 0.25) is 0 Å². The fourth-order valence-electron chi connectivity index (χ4n) is 1.51. The minimum atomic E-state index is 0.640. The number of aldehydes is 1. The Morgan fingerprint density at radius 2 is 1.68 bits per heavy atom. The quantitative estimate of drug-likeness (QED) is 0.478. The summed E-state index contributed by atoms with van der Waals surface area (Å²) in [6, 6.07) is 10.9. The Hall–Kier alpha value is -0.830. The van der Waals surface area contributed by atoms with Gasteiger partial charge >= 0.3 is 0 Å². The van der Waals surface area contributed by atoms with Crippen LogP contribution < -0.4 is 9.47 Å². The van der Waals surface area contributed by atoms with Crippen LogP contribution in [0.5, 0.6) is 17.2 Å². The molecule has 0 saturated heterocycles. The van der Waals surface area contributed by atoms with Gasteiger partial charge in [-0.2, -0.15) is 0 Å². The minimum absolute atomic E-state index is 0.640. The zero-order chi connectivity index (χ0) is 13.8. The molecular formula is C14H10I2O3. The van der Waals surface area contributed by atoms with Crippen molar-refractivity contribution in [2.75, 3.05) is 7.11 Å². The molecule has 2 aromatic carbocycles. The molecule has 0 heterocycles. The van der Waals surface area contributed by atoms with Crippen molar-refractivity contribution in [3.05, 3.63) is 49.1 Å². The van der Waals surface area contributed by atoms with Crippen LogP contribution in [-0.4, -0.2) is 13.4 Å². The lowest BCUT2D eigenvalue weighted by molar-refractivity contribution is 0.112. The molecule has 3 nitrogen and oxygen atoms in total. The second-order valence-corrected chi connectivity index (χ2v) is 6.03. The fraction of sp³-hybridized carbons (Fsp3) is 0.0714. The minimum Gasteiger partial charge on any atom is -0.496 e. The van der Waals surface area contributed by atoms with Crippen molar-refractivity contribution in [2.24, 2.45) is 0 Å². The highest BCUT2D eigenvalue weighted by atomic mass is 127. The van der Waals surface area contributed by atoms with E-state index in [0.29, 0.717) is 5.56 Å². The van der Waals surface area contributed by atoms with Gasteiger partial charge in [0.15, 0.2) is 0 Å². The summed E-state index contributed by atoms with van der Waals surface area (Å²) in [5.74, 6) is 2.29. The second kappa shape index (κ2) is 6.56. The summed E-state index contributed by atoms with van der Waals surface area (Å²) in [6.45, 7) is 0. The smallest absolute Gasteiger partial charge is 0.150 e. The van der Waals surface area contributed by atoms with Gasteiger partial charge in [-0.25, -0.2) is 0 Å². The molecule has 19 heavy (non-hydrogen) atoms. The molecule has 0 saturated carbocycles. The maximum Gasteiger partial charge on any atom is 0.150 e. The van der Waals surface area contributed by atoms with E-state index in [-0.39, 0.29) is 0 Å². The average Bonchev–Trinajstić information content (AvgIpc) is 2.41. The lowest BCUT2D eigenvalue weighted by atomic mass is 10.2. The Labute approximate surface area is 138 Å². The van der Waals surface area contributed by atoms with Crippen LogP contribution >= 0.6 is 45.2 Å². The molecule has 2 rings (SSSR count). The van der Waals surface area contributed by atoms with E-state index in [1.165, 1.54) is 0 Å². The van der Waals surface area contributed by atoms with Crippen molar-refractivity contribution in [3.8, 4) is 17.2 Å². The van der Waals surface area contributed by atoms with E-state index in [9.17, 15) is 4.79 Å². The van der Waals surface area contributed by atoms with Gasteiger partial charge in [-0.15, -0.1) is 0 Å². The number of halogens is 2. The molecule has 0 bridgehead atoms. The number of benzene rings is 2. The first-order valence-corrected chi connectivity index (χ1v) is 7.56. The number of hydrogen-bond donors (Lipinski definition) is 0. The summed E-state index contributed by atoms with van der Waals surface area (Å²) in [5.41, 5.74) is 0.640. The highest BCUT2D eigenvalue weighted by Crippen LogP contribution is 2.31. The fourth-order valence-corrected chi connectivity index (χ4v) is 2.87. The predicted octanol–water partition coefficient (Wildman–Crippen LogP) is 4.51. The third kappa shape index (κ3) is 3.59. The van der Waals surface area contributed by atoms with Crippen LogP contribution in [0.4, 0.5) is 0 Å². The second-order valence-electron chi connectivity index (χ2n) is 3.71. The highest BCUT2D eigenvalue weighted by molar-refractivity contribution is 14.1. The molecule has 0 spiro atoms.